The van der Waals surface area contributed by atoms with Gasteiger partial charge >= 0.3 is 0 Å². The molecule has 3 rings (SSSR count). The first-order valence-electron chi connectivity index (χ1n) is 6.37. The number of rotatable bonds is 2. The van der Waals surface area contributed by atoms with Gasteiger partial charge in [0.25, 0.3) is 5.56 Å². The molecular weight excluding hydrogens is 270 g/mol. The van der Waals surface area contributed by atoms with E-state index >= 15 is 0 Å². The van der Waals surface area contributed by atoms with Gasteiger partial charge in [0.2, 0.25) is 0 Å². The van der Waals surface area contributed by atoms with E-state index in [1.165, 1.54) is 11.3 Å². The Kier molecular flexibility index (Phi) is 2.94. The lowest BCUT2D eigenvalue weighted by atomic mass is 10.2. The number of allylic oxidation sites excluding steroid dienone is 1. The summed E-state index contributed by atoms with van der Waals surface area (Å²) < 4.78 is 2.26. The highest BCUT2D eigenvalue weighted by molar-refractivity contribution is 7.25. The molecule has 0 aliphatic carbocycles. The second-order valence-corrected chi connectivity index (χ2v) is 6.16. The van der Waals surface area contributed by atoms with Crippen LogP contribution < -0.4 is 5.56 Å². The summed E-state index contributed by atoms with van der Waals surface area (Å²) in [6, 6.07) is 2.06. The number of hydrogen-bond donors (Lipinski definition) is 0. The lowest BCUT2D eigenvalue weighted by Crippen LogP contribution is -2.19. The van der Waals surface area contributed by atoms with Gasteiger partial charge in [0, 0.05) is 17.6 Å². The maximum atomic E-state index is 12.5. The van der Waals surface area contributed by atoms with Crippen LogP contribution in [0.25, 0.3) is 20.4 Å². The van der Waals surface area contributed by atoms with E-state index in [2.05, 4.69) is 22.6 Å². The van der Waals surface area contributed by atoms with Crippen molar-refractivity contribution in [2.45, 2.75) is 27.3 Å². The molecule has 4 nitrogen and oxygen atoms in total. The van der Waals surface area contributed by atoms with Crippen molar-refractivity contribution >= 4 is 31.8 Å². The van der Waals surface area contributed by atoms with Gasteiger partial charge in [-0.25, -0.2) is 9.97 Å². The molecule has 0 saturated carbocycles. The third-order valence-electron chi connectivity index (χ3n) is 3.32. The predicted octanol–water partition coefficient (Wildman–Crippen LogP) is 3.20. The van der Waals surface area contributed by atoms with Gasteiger partial charge in [-0.3, -0.25) is 9.36 Å². The standard InChI is InChI=1S/C15H15N3OS/c1-8(2)6-18-7-16-12-11-5-9(3)10(4)17-14(11)20-13(12)15(18)19/h5,7H,1,6H2,2-4H3. The molecule has 0 bridgehead atoms. The molecule has 0 saturated heterocycles. The normalized spacial score (nSPS) is 11.3. The Labute approximate surface area is 120 Å². The first-order valence-corrected chi connectivity index (χ1v) is 7.19. The summed E-state index contributed by atoms with van der Waals surface area (Å²) in [4.78, 5) is 22.3. The number of hydrogen-bond acceptors (Lipinski definition) is 4. The molecule has 0 spiro atoms. The maximum Gasteiger partial charge on any atom is 0.271 e. The summed E-state index contributed by atoms with van der Waals surface area (Å²) in [7, 11) is 0. The topological polar surface area (TPSA) is 47.8 Å². The lowest BCUT2D eigenvalue weighted by molar-refractivity contribution is 0.740. The molecule has 0 aliphatic heterocycles. The van der Waals surface area contributed by atoms with Crippen molar-refractivity contribution in [1.29, 1.82) is 0 Å². The third kappa shape index (κ3) is 1.94. The second kappa shape index (κ2) is 4.52. The van der Waals surface area contributed by atoms with Crippen LogP contribution in [0.3, 0.4) is 0 Å². The molecule has 0 atom stereocenters. The van der Waals surface area contributed by atoms with Gasteiger partial charge in [0.1, 0.15) is 9.53 Å². The van der Waals surface area contributed by atoms with Crippen molar-refractivity contribution in [2.24, 2.45) is 0 Å². The van der Waals surface area contributed by atoms with Crippen LogP contribution >= 0.6 is 11.3 Å². The van der Waals surface area contributed by atoms with Gasteiger partial charge in [-0.1, -0.05) is 12.2 Å². The van der Waals surface area contributed by atoms with Crippen LogP contribution in [0.4, 0.5) is 0 Å². The van der Waals surface area contributed by atoms with Crippen molar-refractivity contribution in [3.05, 3.63) is 46.2 Å². The monoisotopic (exact) mass is 285 g/mol. The molecule has 102 valence electrons. The zero-order chi connectivity index (χ0) is 14.4. The van der Waals surface area contributed by atoms with Crippen molar-refractivity contribution in [3.63, 3.8) is 0 Å². The van der Waals surface area contributed by atoms with Gasteiger partial charge in [-0.2, -0.15) is 0 Å². The Morgan fingerprint density at radius 3 is 2.90 bits per heavy atom. The van der Waals surface area contributed by atoms with Gasteiger partial charge in [-0.05, 0) is 32.4 Å². The lowest BCUT2D eigenvalue weighted by Gasteiger charge is -2.03. The molecule has 0 aliphatic rings. The summed E-state index contributed by atoms with van der Waals surface area (Å²) in [6.07, 6.45) is 1.60. The predicted molar refractivity (Wildman–Crippen MR) is 83.5 cm³/mol. The van der Waals surface area contributed by atoms with Gasteiger partial charge in [0.15, 0.2) is 0 Å². The molecule has 3 aromatic rings. The van der Waals surface area contributed by atoms with Crippen LogP contribution in [0.2, 0.25) is 0 Å². The van der Waals surface area contributed by atoms with E-state index in [0.717, 1.165) is 32.6 Å². The zero-order valence-corrected chi connectivity index (χ0v) is 12.5. The molecule has 0 aromatic carbocycles. The third-order valence-corrected chi connectivity index (χ3v) is 4.40. The van der Waals surface area contributed by atoms with Crippen LogP contribution in [0.1, 0.15) is 18.2 Å². The first kappa shape index (κ1) is 13.0. The van der Waals surface area contributed by atoms with Gasteiger partial charge < -0.3 is 0 Å². The Balaban J connectivity index is 2.36. The molecule has 3 heterocycles. The van der Waals surface area contributed by atoms with E-state index in [-0.39, 0.29) is 5.56 Å². The molecule has 5 heteroatoms. The average Bonchev–Trinajstić information content (AvgIpc) is 2.72. The summed E-state index contributed by atoms with van der Waals surface area (Å²) >= 11 is 1.42. The van der Waals surface area contributed by atoms with Crippen LogP contribution in [-0.2, 0) is 6.54 Å². The minimum absolute atomic E-state index is 0.0173. The van der Waals surface area contributed by atoms with Crippen molar-refractivity contribution < 1.29 is 0 Å². The number of pyridine rings is 1. The largest absolute Gasteiger partial charge is 0.294 e. The summed E-state index contributed by atoms with van der Waals surface area (Å²) in [6.45, 7) is 10.2. The van der Waals surface area contributed by atoms with E-state index in [0.29, 0.717) is 11.2 Å². The molecule has 20 heavy (non-hydrogen) atoms. The summed E-state index contributed by atoms with van der Waals surface area (Å²) in [5.74, 6) is 0. The molecule has 0 radical (unpaired) electrons. The Morgan fingerprint density at radius 1 is 1.45 bits per heavy atom. The van der Waals surface area contributed by atoms with Crippen LogP contribution in [0.15, 0.2) is 29.3 Å². The fourth-order valence-electron chi connectivity index (χ4n) is 2.19. The summed E-state index contributed by atoms with van der Waals surface area (Å²) in [5, 5.41) is 0.965. The highest BCUT2D eigenvalue weighted by atomic mass is 32.1. The van der Waals surface area contributed by atoms with Crippen LogP contribution in [0, 0.1) is 13.8 Å². The Morgan fingerprint density at radius 2 is 2.20 bits per heavy atom. The molecule has 3 aromatic heterocycles. The van der Waals surface area contributed by atoms with E-state index in [4.69, 9.17) is 0 Å². The smallest absolute Gasteiger partial charge is 0.271 e. The van der Waals surface area contributed by atoms with E-state index in [1.54, 1.807) is 10.9 Å². The number of aromatic nitrogens is 3. The molecular formula is C15H15N3OS. The molecule has 0 unspecified atom stereocenters. The van der Waals surface area contributed by atoms with Gasteiger partial charge in [-0.15, -0.1) is 11.3 Å². The molecule has 0 amide bonds. The zero-order valence-electron chi connectivity index (χ0n) is 11.7. The van der Waals surface area contributed by atoms with Gasteiger partial charge in [0.05, 0.1) is 11.8 Å². The number of thiophene rings is 1. The number of aryl methyl sites for hydroxylation is 2. The minimum atomic E-state index is -0.0173. The Hall–Kier alpha value is -2.01. The average molecular weight is 285 g/mol. The fourth-order valence-corrected chi connectivity index (χ4v) is 3.29. The molecule has 0 fully saturated rings. The fraction of sp³-hybridized carbons (Fsp3) is 0.267. The van der Waals surface area contributed by atoms with Crippen LogP contribution in [-0.4, -0.2) is 14.5 Å². The number of nitrogens with zero attached hydrogens (tertiary/aromatic N) is 3. The Bertz CT molecular complexity index is 905. The SMILES string of the molecule is C=C(C)Cn1cnc2c(sc3nc(C)c(C)cc32)c1=O. The van der Waals surface area contributed by atoms with Crippen molar-refractivity contribution in [3.8, 4) is 0 Å². The highest BCUT2D eigenvalue weighted by Gasteiger charge is 2.13. The second-order valence-electron chi connectivity index (χ2n) is 5.16. The van der Waals surface area contributed by atoms with E-state index in [9.17, 15) is 4.79 Å². The van der Waals surface area contributed by atoms with Crippen molar-refractivity contribution in [2.75, 3.05) is 0 Å². The quantitative estimate of drug-likeness (QED) is 0.679. The number of fused-ring (bicyclic) bond motifs is 3. The van der Waals surface area contributed by atoms with E-state index in [1.807, 2.05) is 20.8 Å². The molecule has 0 N–H and O–H groups in total. The highest BCUT2D eigenvalue weighted by Crippen LogP contribution is 2.30. The summed E-state index contributed by atoms with van der Waals surface area (Å²) in [5.41, 5.74) is 3.77. The minimum Gasteiger partial charge on any atom is -0.294 e. The van der Waals surface area contributed by atoms with Crippen LogP contribution in [0.5, 0.6) is 0 Å². The first-order chi connectivity index (χ1) is 9.47. The maximum absolute atomic E-state index is 12.5. The van der Waals surface area contributed by atoms with E-state index < -0.39 is 0 Å². The van der Waals surface area contributed by atoms with Crippen molar-refractivity contribution in [1.82, 2.24) is 14.5 Å².